The molecular weight excluding hydrogens is 274 g/mol. The van der Waals surface area contributed by atoms with Crippen LogP contribution in [0.15, 0.2) is 0 Å². The van der Waals surface area contributed by atoms with Gasteiger partial charge in [-0.25, -0.2) is 4.79 Å². The zero-order chi connectivity index (χ0) is 14.5. The Balaban J connectivity index is 1.84. The van der Waals surface area contributed by atoms with E-state index in [1.807, 2.05) is 0 Å². The highest BCUT2D eigenvalue weighted by Gasteiger charge is 2.38. The van der Waals surface area contributed by atoms with Gasteiger partial charge in [-0.3, -0.25) is 4.79 Å². The van der Waals surface area contributed by atoms with Crippen LogP contribution >= 0.6 is 11.8 Å². The molecule has 0 aromatic heterocycles. The number of aliphatic carboxylic acids is 1. The van der Waals surface area contributed by atoms with Crippen LogP contribution in [0.3, 0.4) is 0 Å². The summed E-state index contributed by atoms with van der Waals surface area (Å²) in [5.74, 6) is 1.14. The molecule has 2 fully saturated rings. The molecule has 0 bridgehead atoms. The van der Waals surface area contributed by atoms with Gasteiger partial charge in [-0.1, -0.05) is 26.2 Å². The van der Waals surface area contributed by atoms with E-state index >= 15 is 0 Å². The minimum absolute atomic E-state index is 0.0634. The highest BCUT2D eigenvalue weighted by molar-refractivity contribution is 7.99. The lowest BCUT2D eigenvalue weighted by Gasteiger charge is -2.31. The second-order valence-electron chi connectivity index (χ2n) is 6.02. The van der Waals surface area contributed by atoms with Crippen molar-refractivity contribution in [1.82, 2.24) is 4.90 Å². The average Bonchev–Trinajstić information content (AvgIpc) is 2.94. The standard InChI is InChI=1S/C15H25NO3S/c1-2-3-4-11-5-7-12(8-6-11)14(17)16-10-20-9-13(16)15(18)19/h11-13H,2-10H2,1H3,(H,18,19)/t11?,12?,13-/m0/s1. The van der Waals surface area contributed by atoms with E-state index in [0.29, 0.717) is 11.6 Å². The largest absolute Gasteiger partial charge is 0.480 e. The maximum Gasteiger partial charge on any atom is 0.327 e. The number of thioether (sulfide) groups is 1. The van der Waals surface area contributed by atoms with Crippen molar-refractivity contribution < 1.29 is 14.7 Å². The molecule has 0 spiro atoms. The van der Waals surface area contributed by atoms with E-state index in [1.54, 1.807) is 16.7 Å². The van der Waals surface area contributed by atoms with Gasteiger partial charge in [0.2, 0.25) is 5.91 Å². The van der Waals surface area contributed by atoms with Gasteiger partial charge in [0.05, 0.1) is 5.88 Å². The molecule has 0 unspecified atom stereocenters. The Kier molecular flexibility index (Phi) is 5.75. The molecule has 114 valence electrons. The third-order valence-corrected chi connectivity index (χ3v) is 5.62. The van der Waals surface area contributed by atoms with Crippen LogP contribution < -0.4 is 0 Å². The molecule has 2 aliphatic rings. The van der Waals surface area contributed by atoms with Gasteiger partial charge in [-0.15, -0.1) is 11.8 Å². The number of unbranched alkanes of at least 4 members (excludes halogenated alkanes) is 1. The average molecular weight is 299 g/mol. The highest BCUT2D eigenvalue weighted by atomic mass is 32.2. The summed E-state index contributed by atoms with van der Waals surface area (Å²) >= 11 is 1.55. The lowest BCUT2D eigenvalue weighted by molar-refractivity contribution is -0.150. The molecule has 0 radical (unpaired) electrons. The van der Waals surface area contributed by atoms with Gasteiger partial charge >= 0.3 is 5.97 Å². The van der Waals surface area contributed by atoms with Gasteiger partial charge < -0.3 is 10.0 Å². The number of nitrogens with zero attached hydrogens (tertiary/aromatic N) is 1. The Morgan fingerprint density at radius 3 is 2.55 bits per heavy atom. The smallest absolute Gasteiger partial charge is 0.327 e. The number of carboxylic acids is 1. The second-order valence-corrected chi connectivity index (χ2v) is 7.02. The van der Waals surface area contributed by atoms with Crippen molar-refractivity contribution in [3.8, 4) is 0 Å². The second kappa shape index (κ2) is 7.34. The van der Waals surface area contributed by atoms with Crippen molar-refractivity contribution in [2.75, 3.05) is 11.6 Å². The summed E-state index contributed by atoms with van der Waals surface area (Å²) in [7, 11) is 0. The maximum atomic E-state index is 12.5. The zero-order valence-corrected chi connectivity index (χ0v) is 13.0. The number of hydrogen-bond donors (Lipinski definition) is 1. The first kappa shape index (κ1) is 15.7. The molecule has 1 saturated heterocycles. The van der Waals surface area contributed by atoms with Gasteiger partial charge in [0, 0.05) is 11.7 Å². The van der Waals surface area contributed by atoms with Crippen molar-refractivity contribution in [1.29, 1.82) is 0 Å². The number of carbonyl (C=O) groups is 2. The van der Waals surface area contributed by atoms with Crippen molar-refractivity contribution >= 4 is 23.6 Å². The number of hydrogen-bond acceptors (Lipinski definition) is 3. The van der Waals surface area contributed by atoms with E-state index in [1.165, 1.54) is 19.3 Å². The number of carbonyl (C=O) groups excluding carboxylic acids is 1. The number of amides is 1. The summed E-state index contributed by atoms with van der Waals surface area (Å²) < 4.78 is 0. The molecule has 1 aliphatic carbocycles. The third-order valence-electron chi connectivity index (χ3n) is 4.61. The minimum Gasteiger partial charge on any atom is -0.480 e. The normalized spacial score (nSPS) is 30.4. The molecule has 2 rings (SSSR count). The molecular formula is C15H25NO3S. The molecule has 1 atom stereocenters. The van der Waals surface area contributed by atoms with Crippen LogP contribution in [0.4, 0.5) is 0 Å². The summed E-state index contributed by atoms with van der Waals surface area (Å²) in [5.41, 5.74) is 0. The quantitative estimate of drug-likeness (QED) is 0.848. The third kappa shape index (κ3) is 3.68. The molecule has 20 heavy (non-hydrogen) atoms. The fourth-order valence-corrected chi connectivity index (χ4v) is 4.44. The summed E-state index contributed by atoms with van der Waals surface area (Å²) in [6.07, 6.45) is 7.97. The summed E-state index contributed by atoms with van der Waals surface area (Å²) in [6.45, 7) is 2.21. The Bertz CT molecular complexity index is 353. The van der Waals surface area contributed by atoms with Crippen molar-refractivity contribution in [3.05, 3.63) is 0 Å². The van der Waals surface area contributed by atoms with Gasteiger partial charge in [0.15, 0.2) is 0 Å². The van der Waals surface area contributed by atoms with E-state index in [4.69, 9.17) is 5.11 Å². The molecule has 1 aliphatic heterocycles. The molecule has 0 aromatic carbocycles. The monoisotopic (exact) mass is 299 g/mol. The predicted molar refractivity (Wildman–Crippen MR) is 80.6 cm³/mol. The van der Waals surface area contributed by atoms with Crippen LogP contribution in [0.5, 0.6) is 0 Å². The molecule has 0 aromatic rings. The van der Waals surface area contributed by atoms with Crippen molar-refractivity contribution in [2.45, 2.75) is 57.9 Å². The van der Waals surface area contributed by atoms with Gasteiger partial charge in [-0.05, 0) is 31.6 Å². The Morgan fingerprint density at radius 2 is 1.95 bits per heavy atom. The van der Waals surface area contributed by atoms with E-state index in [9.17, 15) is 9.59 Å². The van der Waals surface area contributed by atoms with E-state index in [0.717, 1.165) is 31.6 Å². The lowest BCUT2D eigenvalue weighted by Crippen LogP contribution is -2.45. The van der Waals surface area contributed by atoms with E-state index < -0.39 is 12.0 Å². The van der Waals surface area contributed by atoms with Gasteiger partial charge in [0.25, 0.3) is 0 Å². The molecule has 1 amide bonds. The Labute approximate surface area is 125 Å². The van der Waals surface area contributed by atoms with Gasteiger partial charge in [-0.2, -0.15) is 0 Å². The SMILES string of the molecule is CCCCC1CCC(C(=O)N2CSC[C@H]2C(=O)O)CC1. The van der Waals surface area contributed by atoms with Crippen LogP contribution in [-0.4, -0.2) is 39.6 Å². The predicted octanol–water partition coefficient (Wildman–Crippen LogP) is 2.97. The van der Waals surface area contributed by atoms with Crippen LogP contribution in [-0.2, 0) is 9.59 Å². The van der Waals surface area contributed by atoms with Crippen LogP contribution in [0.2, 0.25) is 0 Å². The van der Waals surface area contributed by atoms with Crippen molar-refractivity contribution in [3.63, 3.8) is 0 Å². The lowest BCUT2D eigenvalue weighted by atomic mass is 9.79. The summed E-state index contributed by atoms with van der Waals surface area (Å²) in [6, 6.07) is -0.606. The molecule has 4 nitrogen and oxygen atoms in total. The fraction of sp³-hybridized carbons (Fsp3) is 0.867. The first-order valence-corrected chi connectivity index (χ1v) is 8.90. The Morgan fingerprint density at radius 1 is 1.25 bits per heavy atom. The minimum atomic E-state index is -0.861. The molecule has 1 saturated carbocycles. The van der Waals surface area contributed by atoms with E-state index in [-0.39, 0.29) is 11.8 Å². The Hall–Kier alpha value is -0.710. The van der Waals surface area contributed by atoms with Crippen molar-refractivity contribution in [2.24, 2.45) is 11.8 Å². The van der Waals surface area contributed by atoms with Crippen LogP contribution in [0, 0.1) is 11.8 Å². The topological polar surface area (TPSA) is 57.6 Å². The molecule has 1 N–H and O–H groups in total. The van der Waals surface area contributed by atoms with Crippen LogP contribution in [0.1, 0.15) is 51.9 Å². The first-order valence-electron chi connectivity index (χ1n) is 7.74. The molecule has 1 heterocycles. The highest BCUT2D eigenvalue weighted by Crippen LogP contribution is 2.34. The summed E-state index contributed by atoms with van der Waals surface area (Å²) in [4.78, 5) is 25.2. The number of carboxylic acid groups (broad SMARTS) is 1. The maximum absolute atomic E-state index is 12.5. The van der Waals surface area contributed by atoms with E-state index in [2.05, 4.69) is 6.92 Å². The zero-order valence-electron chi connectivity index (χ0n) is 12.2. The first-order chi connectivity index (χ1) is 9.63. The number of rotatable bonds is 5. The van der Waals surface area contributed by atoms with Gasteiger partial charge in [0.1, 0.15) is 6.04 Å². The summed E-state index contributed by atoms with van der Waals surface area (Å²) in [5, 5.41) is 9.16. The molecule has 5 heteroatoms. The fourth-order valence-electron chi connectivity index (χ4n) is 3.29. The van der Waals surface area contributed by atoms with Crippen LogP contribution in [0.25, 0.3) is 0 Å².